The van der Waals surface area contributed by atoms with Gasteiger partial charge in [-0.3, -0.25) is 0 Å². The lowest BCUT2D eigenvalue weighted by Gasteiger charge is -2.32. The summed E-state index contributed by atoms with van der Waals surface area (Å²) >= 11 is 0. The van der Waals surface area contributed by atoms with Crippen LogP contribution in [0.1, 0.15) is 38.8 Å². The largest absolute Gasteiger partial charge is 0.494 e. The third kappa shape index (κ3) is 4.37. The van der Waals surface area contributed by atoms with Crippen molar-refractivity contribution < 1.29 is 9.31 Å². The summed E-state index contributed by atoms with van der Waals surface area (Å²) in [7, 11) is 1.87. The minimum absolute atomic E-state index is 0.297. The summed E-state index contributed by atoms with van der Waals surface area (Å²) in [5.41, 5.74) is 3.15. The quantitative estimate of drug-likeness (QED) is 0.742. The van der Waals surface area contributed by atoms with E-state index in [9.17, 15) is 0 Å². The third-order valence-corrected chi connectivity index (χ3v) is 5.55. The maximum Gasteiger partial charge on any atom is 0.494 e. The molecule has 0 radical (unpaired) electrons. The number of rotatable bonds is 6. The summed E-state index contributed by atoms with van der Waals surface area (Å²) in [5, 5.41) is 0. The minimum atomic E-state index is -0.305. The molecule has 2 aromatic carbocycles. The highest BCUT2D eigenvalue weighted by molar-refractivity contribution is 6.62. The molecule has 4 heteroatoms. The van der Waals surface area contributed by atoms with Crippen molar-refractivity contribution in [3.05, 3.63) is 65.7 Å². The second-order valence-electron chi connectivity index (χ2n) is 8.31. The zero-order valence-corrected chi connectivity index (χ0v) is 16.7. The Hall–Kier alpha value is -1.62. The molecule has 1 aliphatic heterocycles. The van der Waals surface area contributed by atoms with Crippen LogP contribution in [-0.4, -0.2) is 36.8 Å². The summed E-state index contributed by atoms with van der Waals surface area (Å²) in [6.07, 6.45) is 1.06. The fourth-order valence-corrected chi connectivity index (χ4v) is 3.17. The summed E-state index contributed by atoms with van der Waals surface area (Å²) in [6, 6.07) is 19.2. The zero-order chi connectivity index (χ0) is 18.8. The van der Waals surface area contributed by atoms with E-state index in [-0.39, 0.29) is 18.3 Å². The molecule has 26 heavy (non-hydrogen) atoms. The van der Waals surface area contributed by atoms with E-state index in [4.69, 9.17) is 9.31 Å². The molecule has 0 aromatic heterocycles. The van der Waals surface area contributed by atoms with Crippen molar-refractivity contribution in [3.8, 4) is 0 Å². The molecule has 0 bridgehead atoms. The molecule has 0 N–H and O–H groups in total. The molecule has 138 valence electrons. The van der Waals surface area contributed by atoms with E-state index in [0.29, 0.717) is 0 Å². The van der Waals surface area contributed by atoms with Gasteiger partial charge < -0.3 is 14.2 Å². The predicted octanol–water partition coefficient (Wildman–Crippen LogP) is 3.66. The maximum atomic E-state index is 6.18. The first-order valence-electron chi connectivity index (χ1n) is 9.44. The van der Waals surface area contributed by atoms with Crippen molar-refractivity contribution >= 4 is 12.6 Å². The Bertz CT molecular complexity index is 714. The number of nitrogens with zero attached hydrogens (tertiary/aromatic N) is 1. The van der Waals surface area contributed by atoms with Gasteiger partial charge in [0.15, 0.2) is 0 Å². The summed E-state index contributed by atoms with van der Waals surface area (Å²) in [6.45, 7) is 10.3. The highest BCUT2D eigenvalue weighted by atomic mass is 16.7. The van der Waals surface area contributed by atoms with Gasteiger partial charge in [-0.1, -0.05) is 54.6 Å². The minimum Gasteiger partial charge on any atom is -0.399 e. The van der Waals surface area contributed by atoms with Crippen LogP contribution in [-0.2, 0) is 22.3 Å². The Morgan fingerprint density at radius 2 is 1.46 bits per heavy atom. The molecule has 2 aromatic rings. The first-order valence-corrected chi connectivity index (χ1v) is 9.44. The van der Waals surface area contributed by atoms with Gasteiger partial charge in [-0.25, -0.2) is 0 Å². The standard InChI is InChI=1S/C22H30BNO2/c1-21(2)22(3,4)26-23(25-21)20-13-9-12-19(16-20)17-24(5)15-14-18-10-7-6-8-11-18/h6-13,16H,14-15,17H2,1-5H3. The second kappa shape index (κ2) is 7.55. The van der Waals surface area contributed by atoms with Crippen molar-refractivity contribution in [2.24, 2.45) is 0 Å². The normalized spacial score (nSPS) is 18.5. The van der Waals surface area contributed by atoms with Crippen molar-refractivity contribution in [3.63, 3.8) is 0 Å². The molecule has 1 aliphatic rings. The van der Waals surface area contributed by atoms with E-state index in [1.165, 1.54) is 11.1 Å². The van der Waals surface area contributed by atoms with Crippen molar-refractivity contribution in [1.82, 2.24) is 4.90 Å². The van der Waals surface area contributed by atoms with Gasteiger partial charge in [0.2, 0.25) is 0 Å². The van der Waals surface area contributed by atoms with E-state index < -0.39 is 0 Å². The van der Waals surface area contributed by atoms with Crippen LogP contribution in [0.15, 0.2) is 54.6 Å². The van der Waals surface area contributed by atoms with Crippen molar-refractivity contribution in [2.45, 2.75) is 51.9 Å². The molecular formula is C22H30BNO2. The zero-order valence-electron chi connectivity index (χ0n) is 16.7. The summed E-state index contributed by atoms with van der Waals surface area (Å²) in [5.74, 6) is 0. The van der Waals surface area contributed by atoms with Gasteiger partial charge in [-0.15, -0.1) is 0 Å². The SMILES string of the molecule is CN(CCc1ccccc1)Cc1cccc(B2OC(C)(C)C(C)(C)O2)c1. The molecular weight excluding hydrogens is 321 g/mol. The Morgan fingerprint density at radius 3 is 2.12 bits per heavy atom. The number of likely N-dealkylation sites (N-methyl/N-ethyl adjacent to an activating group) is 1. The monoisotopic (exact) mass is 351 g/mol. The van der Waals surface area contributed by atoms with Gasteiger partial charge in [0.05, 0.1) is 11.2 Å². The van der Waals surface area contributed by atoms with Crippen LogP contribution in [0.3, 0.4) is 0 Å². The number of hydrogen-bond donors (Lipinski definition) is 0. The Morgan fingerprint density at radius 1 is 0.846 bits per heavy atom. The smallest absolute Gasteiger partial charge is 0.399 e. The van der Waals surface area contributed by atoms with Gasteiger partial charge >= 0.3 is 7.12 Å². The van der Waals surface area contributed by atoms with Gasteiger partial charge in [-0.05, 0) is 57.8 Å². The molecule has 0 unspecified atom stereocenters. The Balaban J connectivity index is 1.61. The van der Waals surface area contributed by atoms with Crippen LogP contribution in [0, 0.1) is 0 Å². The highest BCUT2D eigenvalue weighted by Crippen LogP contribution is 2.36. The molecule has 0 spiro atoms. The Labute approximate surface area is 158 Å². The van der Waals surface area contributed by atoms with Gasteiger partial charge in [0.1, 0.15) is 0 Å². The summed E-state index contributed by atoms with van der Waals surface area (Å²) < 4.78 is 12.4. The van der Waals surface area contributed by atoms with Gasteiger partial charge in [0.25, 0.3) is 0 Å². The van der Waals surface area contributed by atoms with Crippen molar-refractivity contribution in [2.75, 3.05) is 13.6 Å². The highest BCUT2D eigenvalue weighted by Gasteiger charge is 2.51. The summed E-state index contributed by atoms with van der Waals surface area (Å²) in [4.78, 5) is 2.36. The average molecular weight is 351 g/mol. The van der Waals surface area contributed by atoms with Crippen LogP contribution in [0.2, 0.25) is 0 Å². The first-order chi connectivity index (χ1) is 12.3. The lowest BCUT2D eigenvalue weighted by Crippen LogP contribution is -2.41. The average Bonchev–Trinajstić information content (AvgIpc) is 2.82. The first kappa shape index (κ1) is 19.2. The fourth-order valence-electron chi connectivity index (χ4n) is 3.17. The molecule has 3 rings (SSSR count). The van der Waals surface area contributed by atoms with Crippen molar-refractivity contribution in [1.29, 1.82) is 0 Å². The Kier molecular flexibility index (Phi) is 5.57. The molecule has 0 amide bonds. The predicted molar refractivity (Wildman–Crippen MR) is 109 cm³/mol. The lowest BCUT2D eigenvalue weighted by molar-refractivity contribution is 0.00578. The molecule has 1 saturated heterocycles. The van der Waals surface area contributed by atoms with Crippen LogP contribution >= 0.6 is 0 Å². The maximum absolute atomic E-state index is 6.18. The third-order valence-electron chi connectivity index (χ3n) is 5.55. The van der Waals surface area contributed by atoms with E-state index in [2.05, 4.69) is 94.2 Å². The lowest BCUT2D eigenvalue weighted by atomic mass is 9.78. The molecule has 1 fully saturated rings. The van der Waals surface area contributed by atoms with E-state index in [1.807, 2.05) is 0 Å². The van der Waals surface area contributed by atoms with E-state index >= 15 is 0 Å². The van der Waals surface area contributed by atoms with Gasteiger partial charge in [-0.2, -0.15) is 0 Å². The van der Waals surface area contributed by atoms with E-state index in [1.54, 1.807) is 0 Å². The fraction of sp³-hybridized carbons (Fsp3) is 0.455. The van der Waals surface area contributed by atoms with E-state index in [0.717, 1.165) is 25.0 Å². The molecule has 1 heterocycles. The van der Waals surface area contributed by atoms with Crippen LogP contribution in [0.25, 0.3) is 0 Å². The molecule has 0 aliphatic carbocycles. The van der Waals surface area contributed by atoms with Crippen LogP contribution in [0.4, 0.5) is 0 Å². The number of hydrogen-bond acceptors (Lipinski definition) is 3. The second-order valence-corrected chi connectivity index (χ2v) is 8.31. The van der Waals surface area contributed by atoms with Crippen LogP contribution < -0.4 is 5.46 Å². The molecule has 0 atom stereocenters. The topological polar surface area (TPSA) is 21.7 Å². The molecule has 0 saturated carbocycles. The molecule has 3 nitrogen and oxygen atoms in total. The van der Waals surface area contributed by atoms with Crippen LogP contribution in [0.5, 0.6) is 0 Å². The van der Waals surface area contributed by atoms with Gasteiger partial charge in [0, 0.05) is 13.1 Å². The number of benzene rings is 2.